The van der Waals surface area contributed by atoms with Crippen molar-refractivity contribution in [3.63, 3.8) is 0 Å². The van der Waals surface area contributed by atoms with Crippen molar-refractivity contribution in [2.75, 3.05) is 7.11 Å². The quantitative estimate of drug-likeness (QED) is 0.519. The van der Waals surface area contributed by atoms with E-state index >= 15 is 4.39 Å². The lowest BCUT2D eigenvalue weighted by molar-refractivity contribution is 0.0536. The number of fused-ring (bicyclic) bond motifs is 2. The molecule has 1 fully saturated rings. The van der Waals surface area contributed by atoms with Crippen molar-refractivity contribution < 1.29 is 9.13 Å². The van der Waals surface area contributed by atoms with Gasteiger partial charge in [0.15, 0.2) is 5.65 Å². The molecule has 1 aliphatic rings. The molecule has 1 aromatic carbocycles. The number of rotatable bonds is 3. The largest absolute Gasteiger partial charge is 0.381 e. The van der Waals surface area contributed by atoms with Gasteiger partial charge in [0.2, 0.25) is 5.28 Å². The minimum Gasteiger partial charge on any atom is -0.381 e. The highest BCUT2D eigenvalue weighted by Crippen LogP contribution is 2.35. The second-order valence-electron chi connectivity index (χ2n) is 7.10. The molecule has 28 heavy (non-hydrogen) atoms. The molecule has 0 amide bonds. The Morgan fingerprint density at radius 3 is 3.00 bits per heavy atom. The number of benzene rings is 1. The molecule has 1 saturated carbocycles. The normalized spacial score (nSPS) is 20.2. The Kier molecular flexibility index (Phi) is 4.25. The molecule has 3 heterocycles. The van der Waals surface area contributed by atoms with Crippen molar-refractivity contribution in [2.24, 2.45) is 0 Å². The van der Waals surface area contributed by atoms with Gasteiger partial charge in [-0.05, 0) is 49.4 Å². The molecule has 0 saturated heterocycles. The molecule has 9 heteroatoms. The first kappa shape index (κ1) is 17.5. The average molecular weight is 401 g/mol. The summed E-state index contributed by atoms with van der Waals surface area (Å²) in [5, 5.41) is 0.0746. The van der Waals surface area contributed by atoms with E-state index in [2.05, 4.69) is 24.9 Å². The van der Waals surface area contributed by atoms with Crippen LogP contribution >= 0.6 is 11.6 Å². The maximum absolute atomic E-state index is 15.2. The van der Waals surface area contributed by atoms with Gasteiger partial charge in [0.05, 0.1) is 24.3 Å². The van der Waals surface area contributed by atoms with Crippen molar-refractivity contribution in [1.29, 1.82) is 0 Å². The van der Waals surface area contributed by atoms with E-state index in [0.29, 0.717) is 33.5 Å². The molecule has 0 spiro atoms. The molecule has 0 unspecified atom stereocenters. The topological polar surface area (TPSA) is 81.5 Å². The zero-order valence-corrected chi connectivity index (χ0v) is 15.9. The van der Waals surface area contributed by atoms with E-state index in [-0.39, 0.29) is 23.2 Å². The van der Waals surface area contributed by atoms with Crippen LogP contribution in [0, 0.1) is 5.82 Å². The highest BCUT2D eigenvalue weighted by molar-refractivity contribution is 6.28. The predicted molar refractivity (Wildman–Crippen MR) is 104 cm³/mol. The van der Waals surface area contributed by atoms with Crippen LogP contribution in [0.5, 0.6) is 0 Å². The smallest absolute Gasteiger partial charge is 0.225 e. The summed E-state index contributed by atoms with van der Waals surface area (Å²) in [6, 6.07) is 3.46. The molecular weight excluding hydrogens is 383 g/mol. The number of ether oxygens (including phenoxy) is 1. The van der Waals surface area contributed by atoms with E-state index in [9.17, 15) is 0 Å². The van der Waals surface area contributed by atoms with Crippen molar-refractivity contribution in [2.45, 2.75) is 37.8 Å². The molecule has 1 N–H and O–H groups in total. The molecule has 144 valence electrons. The van der Waals surface area contributed by atoms with Crippen molar-refractivity contribution >= 4 is 33.8 Å². The van der Waals surface area contributed by atoms with Gasteiger partial charge in [-0.3, -0.25) is 0 Å². The summed E-state index contributed by atoms with van der Waals surface area (Å²) in [5.74, 6) is -0.344. The summed E-state index contributed by atoms with van der Waals surface area (Å²) in [6.07, 6.45) is 7.38. The number of nitrogens with zero attached hydrogens (tertiary/aromatic N) is 5. The highest BCUT2D eigenvalue weighted by atomic mass is 35.5. The second kappa shape index (κ2) is 6.79. The van der Waals surface area contributed by atoms with Crippen molar-refractivity contribution in [3.05, 3.63) is 35.9 Å². The molecular formula is C19H18ClFN6O. The van der Waals surface area contributed by atoms with Crippen LogP contribution in [0.25, 0.3) is 33.5 Å². The maximum Gasteiger partial charge on any atom is 0.225 e. The number of aromatic nitrogens is 6. The molecule has 7 nitrogen and oxygen atoms in total. The lowest BCUT2D eigenvalue weighted by Gasteiger charge is -2.29. The van der Waals surface area contributed by atoms with E-state index in [1.807, 2.05) is 10.6 Å². The molecule has 4 aromatic rings. The number of hydrogen-bond donors (Lipinski definition) is 1. The first-order valence-corrected chi connectivity index (χ1v) is 9.57. The lowest BCUT2D eigenvalue weighted by Crippen LogP contribution is -2.23. The molecule has 0 aliphatic heterocycles. The second-order valence-corrected chi connectivity index (χ2v) is 7.43. The van der Waals surface area contributed by atoms with Crippen LogP contribution in [0.2, 0.25) is 5.28 Å². The van der Waals surface area contributed by atoms with Gasteiger partial charge >= 0.3 is 0 Å². The number of H-pyrrole nitrogens is 1. The van der Waals surface area contributed by atoms with E-state index in [1.54, 1.807) is 13.4 Å². The SMILES string of the molecule is CO[C@@H]1CCC[C@@H](n2cnc3cc(-c4nc(Cl)nc5[nH]cnc45)cc(F)c32)C1. The first-order chi connectivity index (χ1) is 13.6. The standard InChI is InChI=1S/C19H18ClFN6O/c1-28-12-4-2-3-11(7-12)27-9-24-14-6-10(5-13(21)17(14)27)15-16-18(23-8-22-16)26-19(20)25-15/h5-6,8-9,11-12H,2-4,7H2,1H3,(H,22,23,25,26)/t11-,12-/m1/s1. The van der Waals surface area contributed by atoms with Crippen LogP contribution in [0.15, 0.2) is 24.8 Å². The number of halogens is 2. The van der Waals surface area contributed by atoms with Gasteiger partial charge in [-0.1, -0.05) is 0 Å². The fourth-order valence-electron chi connectivity index (χ4n) is 4.13. The van der Waals surface area contributed by atoms with E-state index in [1.165, 1.54) is 12.4 Å². The van der Waals surface area contributed by atoms with Crippen LogP contribution in [0.4, 0.5) is 4.39 Å². The van der Waals surface area contributed by atoms with Crippen LogP contribution in [0.1, 0.15) is 31.7 Å². The van der Waals surface area contributed by atoms with Gasteiger partial charge in [-0.15, -0.1) is 0 Å². The van der Waals surface area contributed by atoms with E-state index in [0.717, 1.165) is 25.7 Å². The summed E-state index contributed by atoms with van der Waals surface area (Å²) in [5.41, 5.74) is 3.17. The summed E-state index contributed by atoms with van der Waals surface area (Å²) < 4.78 is 22.7. The summed E-state index contributed by atoms with van der Waals surface area (Å²) in [7, 11) is 1.73. The fourth-order valence-corrected chi connectivity index (χ4v) is 4.30. The molecule has 0 bridgehead atoms. The molecule has 0 radical (unpaired) electrons. The Balaban J connectivity index is 1.61. The van der Waals surface area contributed by atoms with Crippen LogP contribution in [-0.4, -0.2) is 42.7 Å². The summed E-state index contributed by atoms with van der Waals surface area (Å²) in [4.78, 5) is 20.0. The minimum absolute atomic E-state index is 0.0746. The zero-order valence-electron chi connectivity index (χ0n) is 15.2. The number of nitrogens with one attached hydrogen (secondary N) is 1. The third-order valence-electron chi connectivity index (χ3n) is 5.47. The van der Waals surface area contributed by atoms with Gasteiger partial charge in [0.25, 0.3) is 0 Å². The van der Waals surface area contributed by atoms with Gasteiger partial charge < -0.3 is 14.3 Å². The monoisotopic (exact) mass is 400 g/mol. The van der Waals surface area contributed by atoms with Crippen molar-refractivity contribution in [3.8, 4) is 11.3 Å². The zero-order chi connectivity index (χ0) is 19.3. The van der Waals surface area contributed by atoms with E-state index in [4.69, 9.17) is 16.3 Å². The number of imidazole rings is 2. The average Bonchev–Trinajstić information content (AvgIpc) is 3.34. The molecule has 1 aliphatic carbocycles. The van der Waals surface area contributed by atoms with E-state index < -0.39 is 0 Å². The summed E-state index contributed by atoms with van der Waals surface area (Å²) in [6.45, 7) is 0. The number of hydrogen-bond acceptors (Lipinski definition) is 5. The van der Waals surface area contributed by atoms with Gasteiger partial charge in [0, 0.05) is 18.7 Å². The Labute approximate surface area is 164 Å². The third kappa shape index (κ3) is 2.84. The molecule has 2 atom stereocenters. The minimum atomic E-state index is -0.344. The van der Waals surface area contributed by atoms with Gasteiger partial charge in [0.1, 0.15) is 22.5 Å². The highest BCUT2D eigenvalue weighted by Gasteiger charge is 2.25. The van der Waals surface area contributed by atoms with Crippen LogP contribution in [0.3, 0.4) is 0 Å². The number of aromatic amines is 1. The first-order valence-electron chi connectivity index (χ1n) is 9.20. The Hall–Kier alpha value is -2.58. The lowest BCUT2D eigenvalue weighted by atomic mass is 9.92. The Bertz CT molecular complexity index is 1170. The maximum atomic E-state index is 15.2. The Morgan fingerprint density at radius 1 is 1.25 bits per heavy atom. The van der Waals surface area contributed by atoms with Crippen molar-refractivity contribution in [1.82, 2.24) is 29.5 Å². The Morgan fingerprint density at radius 2 is 2.14 bits per heavy atom. The fraction of sp³-hybridized carbons (Fsp3) is 0.368. The van der Waals surface area contributed by atoms with Gasteiger partial charge in [-0.25, -0.2) is 19.3 Å². The van der Waals surface area contributed by atoms with Crippen LogP contribution < -0.4 is 0 Å². The summed E-state index contributed by atoms with van der Waals surface area (Å²) >= 11 is 6.03. The predicted octanol–water partition coefficient (Wildman–Crippen LogP) is 4.29. The molecule has 5 rings (SSSR count). The third-order valence-corrected chi connectivity index (χ3v) is 5.64. The van der Waals surface area contributed by atoms with Gasteiger partial charge in [-0.2, -0.15) is 4.98 Å². The molecule has 3 aromatic heterocycles. The van der Waals surface area contributed by atoms with Crippen LogP contribution in [-0.2, 0) is 4.74 Å². The number of methoxy groups -OCH3 is 1.